The summed E-state index contributed by atoms with van der Waals surface area (Å²) in [5.74, 6) is 0.683. The van der Waals surface area contributed by atoms with Gasteiger partial charge in [-0.1, -0.05) is 32.9 Å². The fourth-order valence-electron chi connectivity index (χ4n) is 2.21. The van der Waals surface area contributed by atoms with Gasteiger partial charge in [0.1, 0.15) is 17.4 Å². The van der Waals surface area contributed by atoms with Crippen molar-refractivity contribution in [2.45, 2.75) is 31.2 Å². The first-order valence-electron chi connectivity index (χ1n) is 7.92. The Morgan fingerprint density at radius 3 is 2.54 bits per heavy atom. The molecule has 0 bridgehead atoms. The fourth-order valence-corrected chi connectivity index (χ4v) is 2.75. The summed E-state index contributed by atoms with van der Waals surface area (Å²) in [6.45, 7) is 7.41. The van der Waals surface area contributed by atoms with Crippen LogP contribution in [-0.4, -0.2) is 30.3 Å². The Bertz CT molecular complexity index is 679. The zero-order valence-electron chi connectivity index (χ0n) is 14.6. The molecule has 1 aromatic heterocycles. The molecule has 1 N–H and O–H groups in total. The highest BCUT2D eigenvalue weighted by Gasteiger charge is 2.13. The summed E-state index contributed by atoms with van der Waals surface area (Å²) in [6, 6.07) is 11.6. The van der Waals surface area contributed by atoms with Gasteiger partial charge in [0.2, 0.25) is 0 Å². The SMILES string of the molecule is CSc1ncccc1C(=O)NCCOc1ccc(C(C)(C)C)cc1. The number of pyridine rings is 1. The quantitative estimate of drug-likeness (QED) is 0.638. The first-order chi connectivity index (χ1) is 11.4. The number of nitrogens with zero attached hydrogens (tertiary/aromatic N) is 1. The Hall–Kier alpha value is -2.01. The number of benzene rings is 1. The highest BCUT2D eigenvalue weighted by Crippen LogP contribution is 2.24. The van der Waals surface area contributed by atoms with Crippen LogP contribution in [-0.2, 0) is 5.41 Å². The zero-order valence-corrected chi connectivity index (χ0v) is 15.4. The van der Waals surface area contributed by atoms with Crippen LogP contribution in [0.1, 0.15) is 36.7 Å². The second-order valence-corrected chi connectivity index (χ2v) is 7.23. The predicted molar refractivity (Wildman–Crippen MR) is 99.0 cm³/mol. The molecule has 0 saturated carbocycles. The molecule has 1 aromatic carbocycles. The molecule has 0 aliphatic carbocycles. The van der Waals surface area contributed by atoms with Gasteiger partial charge < -0.3 is 10.1 Å². The molecule has 2 aromatic rings. The molecule has 5 heteroatoms. The van der Waals surface area contributed by atoms with Crippen LogP contribution in [0.3, 0.4) is 0 Å². The van der Waals surface area contributed by atoms with Crippen molar-refractivity contribution in [3.8, 4) is 5.75 Å². The molecular weight excluding hydrogens is 320 g/mol. The van der Waals surface area contributed by atoms with Gasteiger partial charge in [0.05, 0.1) is 12.1 Å². The number of thioether (sulfide) groups is 1. The number of hydrogen-bond donors (Lipinski definition) is 1. The van der Waals surface area contributed by atoms with Crippen LogP contribution in [0, 0.1) is 0 Å². The van der Waals surface area contributed by atoms with Gasteiger partial charge in [-0.15, -0.1) is 11.8 Å². The lowest BCUT2D eigenvalue weighted by Crippen LogP contribution is -2.28. The van der Waals surface area contributed by atoms with Gasteiger partial charge in [0.15, 0.2) is 0 Å². The van der Waals surface area contributed by atoms with E-state index in [0.717, 1.165) is 10.8 Å². The lowest BCUT2D eigenvalue weighted by molar-refractivity contribution is 0.0943. The fraction of sp³-hybridized carbons (Fsp3) is 0.368. The van der Waals surface area contributed by atoms with Crippen LogP contribution in [0.25, 0.3) is 0 Å². The minimum atomic E-state index is -0.126. The molecule has 0 aliphatic rings. The van der Waals surface area contributed by atoms with Gasteiger partial charge in [-0.2, -0.15) is 0 Å². The number of carbonyl (C=O) groups excluding carboxylic acids is 1. The van der Waals surface area contributed by atoms with Crippen molar-refractivity contribution < 1.29 is 9.53 Å². The van der Waals surface area contributed by atoms with E-state index in [0.29, 0.717) is 18.7 Å². The van der Waals surface area contributed by atoms with Crippen molar-refractivity contribution in [1.82, 2.24) is 10.3 Å². The molecule has 0 unspecified atom stereocenters. The summed E-state index contributed by atoms with van der Waals surface area (Å²) in [6.07, 6.45) is 3.59. The lowest BCUT2D eigenvalue weighted by Gasteiger charge is -2.19. The second-order valence-electron chi connectivity index (χ2n) is 6.44. The average molecular weight is 344 g/mol. The molecule has 0 atom stereocenters. The van der Waals surface area contributed by atoms with Gasteiger partial charge >= 0.3 is 0 Å². The topological polar surface area (TPSA) is 51.2 Å². The van der Waals surface area contributed by atoms with Crippen LogP contribution in [0.2, 0.25) is 0 Å². The Balaban J connectivity index is 1.81. The van der Waals surface area contributed by atoms with E-state index in [1.54, 1.807) is 18.3 Å². The van der Waals surface area contributed by atoms with Gasteiger partial charge in [-0.25, -0.2) is 4.98 Å². The predicted octanol–water partition coefficient (Wildman–Crippen LogP) is 3.91. The number of nitrogens with one attached hydrogen (secondary N) is 1. The lowest BCUT2D eigenvalue weighted by atomic mass is 9.87. The first kappa shape index (κ1) is 18.3. The summed E-state index contributed by atoms with van der Waals surface area (Å²) in [5, 5.41) is 3.59. The van der Waals surface area contributed by atoms with Crippen molar-refractivity contribution in [3.63, 3.8) is 0 Å². The van der Waals surface area contributed by atoms with E-state index in [1.165, 1.54) is 17.3 Å². The van der Waals surface area contributed by atoms with Crippen molar-refractivity contribution in [1.29, 1.82) is 0 Å². The Morgan fingerprint density at radius 2 is 1.92 bits per heavy atom. The molecule has 1 amide bonds. The van der Waals surface area contributed by atoms with Crippen molar-refractivity contribution in [2.75, 3.05) is 19.4 Å². The van der Waals surface area contributed by atoms with Crippen molar-refractivity contribution in [3.05, 3.63) is 53.7 Å². The number of ether oxygens (including phenoxy) is 1. The van der Waals surface area contributed by atoms with Crippen LogP contribution < -0.4 is 10.1 Å². The highest BCUT2D eigenvalue weighted by atomic mass is 32.2. The third-order valence-electron chi connectivity index (χ3n) is 3.59. The third-order valence-corrected chi connectivity index (χ3v) is 4.30. The molecule has 2 rings (SSSR count). The smallest absolute Gasteiger partial charge is 0.254 e. The van der Waals surface area contributed by atoms with Crippen LogP contribution in [0.15, 0.2) is 47.6 Å². The molecule has 0 radical (unpaired) electrons. The minimum Gasteiger partial charge on any atom is -0.492 e. The third kappa shape index (κ3) is 4.99. The summed E-state index contributed by atoms with van der Waals surface area (Å²) in [4.78, 5) is 16.4. The van der Waals surface area contributed by atoms with Crippen LogP contribution in [0.4, 0.5) is 0 Å². The van der Waals surface area contributed by atoms with E-state index < -0.39 is 0 Å². The summed E-state index contributed by atoms with van der Waals surface area (Å²) in [5.41, 5.74) is 1.99. The zero-order chi connectivity index (χ0) is 17.6. The maximum Gasteiger partial charge on any atom is 0.254 e. The Labute approximate surface area is 148 Å². The monoisotopic (exact) mass is 344 g/mol. The van der Waals surface area contributed by atoms with Crippen molar-refractivity contribution >= 4 is 17.7 Å². The molecule has 128 valence electrons. The minimum absolute atomic E-state index is 0.126. The Kier molecular flexibility index (Phi) is 6.26. The molecular formula is C19H24N2O2S. The van der Waals surface area contributed by atoms with E-state index >= 15 is 0 Å². The second kappa shape index (κ2) is 8.20. The van der Waals surface area contributed by atoms with Gasteiger partial charge in [-0.3, -0.25) is 4.79 Å². The number of carbonyl (C=O) groups is 1. The molecule has 24 heavy (non-hydrogen) atoms. The van der Waals surface area contributed by atoms with E-state index in [9.17, 15) is 4.79 Å². The highest BCUT2D eigenvalue weighted by molar-refractivity contribution is 7.98. The summed E-state index contributed by atoms with van der Waals surface area (Å²) in [7, 11) is 0. The summed E-state index contributed by atoms with van der Waals surface area (Å²) >= 11 is 1.46. The largest absolute Gasteiger partial charge is 0.492 e. The van der Waals surface area contributed by atoms with Crippen LogP contribution >= 0.6 is 11.8 Å². The number of aromatic nitrogens is 1. The maximum absolute atomic E-state index is 12.2. The van der Waals surface area contributed by atoms with Gasteiger partial charge in [0.25, 0.3) is 5.91 Å². The van der Waals surface area contributed by atoms with E-state index in [1.807, 2.05) is 18.4 Å². The van der Waals surface area contributed by atoms with E-state index in [4.69, 9.17) is 4.74 Å². The molecule has 0 saturated heterocycles. The number of amides is 1. The first-order valence-corrected chi connectivity index (χ1v) is 9.15. The average Bonchev–Trinajstić information content (AvgIpc) is 2.58. The Morgan fingerprint density at radius 1 is 1.21 bits per heavy atom. The maximum atomic E-state index is 12.2. The molecule has 0 fully saturated rings. The molecule has 1 heterocycles. The van der Waals surface area contributed by atoms with Gasteiger partial charge in [0, 0.05) is 6.20 Å². The number of hydrogen-bond acceptors (Lipinski definition) is 4. The van der Waals surface area contributed by atoms with E-state index in [-0.39, 0.29) is 11.3 Å². The van der Waals surface area contributed by atoms with Crippen molar-refractivity contribution in [2.24, 2.45) is 0 Å². The van der Waals surface area contributed by atoms with Gasteiger partial charge in [-0.05, 0) is 41.5 Å². The standard InChI is InChI=1S/C19H24N2O2S/c1-19(2,3)14-7-9-15(10-8-14)23-13-12-20-17(22)16-6-5-11-21-18(16)24-4/h5-11H,12-13H2,1-4H3,(H,20,22). The molecule has 0 aliphatic heterocycles. The number of rotatable bonds is 6. The van der Waals surface area contributed by atoms with E-state index in [2.05, 4.69) is 43.2 Å². The normalized spacial score (nSPS) is 11.2. The van der Waals surface area contributed by atoms with Crippen LogP contribution in [0.5, 0.6) is 5.75 Å². The molecule has 4 nitrogen and oxygen atoms in total. The summed E-state index contributed by atoms with van der Waals surface area (Å²) < 4.78 is 5.68. The molecule has 0 spiro atoms.